The van der Waals surface area contributed by atoms with Gasteiger partial charge in [0.1, 0.15) is 17.6 Å². The van der Waals surface area contributed by atoms with Crippen molar-refractivity contribution in [3.8, 4) is 5.75 Å². The molecular weight excluding hydrogens is 419 g/mol. The van der Waals surface area contributed by atoms with Crippen molar-refractivity contribution in [3.05, 3.63) is 64.5 Å². The maximum absolute atomic E-state index is 13.4. The first-order chi connectivity index (χ1) is 15.8. The summed E-state index contributed by atoms with van der Waals surface area (Å²) in [6, 6.07) is 9.57. The highest BCUT2D eigenvalue weighted by molar-refractivity contribution is 5.88. The minimum atomic E-state index is -0.618. The van der Waals surface area contributed by atoms with Gasteiger partial charge in [-0.3, -0.25) is 9.59 Å². The molecule has 1 aliphatic rings. The van der Waals surface area contributed by atoms with E-state index in [1.54, 1.807) is 17.0 Å². The van der Waals surface area contributed by atoms with E-state index < -0.39 is 6.04 Å². The molecule has 33 heavy (non-hydrogen) atoms. The summed E-state index contributed by atoms with van der Waals surface area (Å²) in [5, 5.41) is 3.12. The number of rotatable bonds is 9. The Hall–Kier alpha value is -2.89. The van der Waals surface area contributed by atoms with Gasteiger partial charge in [-0.05, 0) is 80.5 Å². The summed E-state index contributed by atoms with van der Waals surface area (Å²) in [5.41, 5.74) is 3.91. The molecule has 0 aliphatic heterocycles. The molecule has 3 rings (SSSR count). The van der Waals surface area contributed by atoms with Crippen LogP contribution in [0.4, 0.5) is 4.39 Å². The normalized spacial score (nSPS) is 14.7. The fourth-order valence-electron chi connectivity index (χ4n) is 4.45. The zero-order valence-electron chi connectivity index (χ0n) is 20.1. The first-order valence-corrected chi connectivity index (χ1v) is 11.8. The van der Waals surface area contributed by atoms with Crippen molar-refractivity contribution >= 4 is 11.8 Å². The van der Waals surface area contributed by atoms with Crippen LogP contribution in [0.25, 0.3) is 0 Å². The molecule has 0 unspecified atom stereocenters. The van der Waals surface area contributed by atoms with Gasteiger partial charge in [-0.25, -0.2) is 4.39 Å². The average Bonchev–Trinajstić information content (AvgIpc) is 3.29. The van der Waals surface area contributed by atoms with Crippen LogP contribution < -0.4 is 10.1 Å². The van der Waals surface area contributed by atoms with Gasteiger partial charge in [0.15, 0.2) is 6.61 Å². The fourth-order valence-corrected chi connectivity index (χ4v) is 4.45. The van der Waals surface area contributed by atoms with Crippen LogP contribution in [0, 0.1) is 26.6 Å². The molecule has 2 aromatic carbocycles. The first kappa shape index (κ1) is 24.7. The van der Waals surface area contributed by atoms with Crippen molar-refractivity contribution in [2.24, 2.45) is 0 Å². The van der Waals surface area contributed by atoms with Crippen LogP contribution >= 0.6 is 0 Å². The van der Waals surface area contributed by atoms with Crippen LogP contribution in [0.2, 0.25) is 0 Å². The molecule has 1 N–H and O–H groups in total. The predicted molar refractivity (Wildman–Crippen MR) is 128 cm³/mol. The van der Waals surface area contributed by atoms with Gasteiger partial charge in [0.25, 0.3) is 5.91 Å². The monoisotopic (exact) mass is 454 g/mol. The minimum absolute atomic E-state index is 0.137. The van der Waals surface area contributed by atoms with Gasteiger partial charge < -0.3 is 15.0 Å². The molecule has 0 bridgehead atoms. The lowest BCUT2D eigenvalue weighted by atomic mass is 10.1. The summed E-state index contributed by atoms with van der Waals surface area (Å²) in [4.78, 5) is 28.1. The number of ether oxygens (including phenoxy) is 1. The average molecular weight is 455 g/mol. The highest BCUT2D eigenvalue weighted by Gasteiger charge is 2.31. The molecule has 178 valence electrons. The van der Waals surface area contributed by atoms with Crippen LogP contribution in [-0.2, 0) is 16.1 Å². The Morgan fingerprint density at radius 2 is 1.79 bits per heavy atom. The Kier molecular flexibility index (Phi) is 8.48. The first-order valence-electron chi connectivity index (χ1n) is 11.8. The molecule has 0 aromatic heterocycles. The smallest absolute Gasteiger partial charge is 0.261 e. The highest BCUT2D eigenvalue weighted by atomic mass is 19.1. The van der Waals surface area contributed by atoms with Gasteiger partial charge in [-0.15, -0.1) is 0 Å². The molecule has 2 amide bonds. The number of aryl methyl sites for hydroxylation is 2. The number of halogens is 1. The van der Waals surface area contributed by atoms with E-state index in [9.17, 15) is 14.0 Å². The van der Waals surface area contributed by atoms with Gasteiger partial charge in [0.2, 0.25) is 5.91 Å². The molecule has 1 saturated carbocycles. The van der Waals surface area contributed by atoms with Crippen LogP contribution in [0.3, 0.4) is 0 Å². The molecule has 2 aromatic rings. The van der Waals surface area contributed by atoms with E-state index in [0.717, 1.165) is 47.9 Å². The van der Waals surface area contributed by atoms with Crippen molar-refractivity contribution in [1.82, 2.24) is 10.2 Å². The highest BCUT2D eigenvalue weighted by Crippen LogP contribution is 2.24. The van der Waals surface area contributed by atoms with Gasteiger partial charge >= 0.3 is 0 Å². The lowest BCUT2D eigenvalue weighted by Crippen LogP contribution is -2.52. The Labute approximate surface area is 196 Å². The number of nitrogens with zero attached hydrogens (tertiary/aromatic N) is 1. The van der Waals surface area contributed by atoms with E-state index in [4.69, 9.17) is 4.74 Å². The number of amides is 2. The third kappa shape index (κ3) is 6.56. The summed E-state index contributed by atoms with van der Waals surface area (Å²) in [6.45, 7) is 7.91. The Balaban J connectivity index is 1.79. The molecule has 1 atom stereocenters. The molecule has 0 heterocycles. The number of carbonyl (C=O) groups excluding carboxylic acids is 2. The summed E-state index contributed by atoms with van der Waals surface area (Å²) < 4.78 is 19.3. The quantitative estimate of drug-likeness (QED) is 0.580. The molecule has 5 nitrogen and oxygen atoms in total. The molecule has 1 fully saturated rings. The third-order valence-corrected chi connectivity index (χ3v) is 6.47. The zero-order valence-corrected chi connectivity index (χ0v) is 20.1. The van der Waals surface area contributed by atoms with Gasteiger partial charge in [-0.2, -0.15) is 0 Å². The molecular formula is C27H35FN2O3. The number of carbonyl (C=O) groups is 2. The summed E-state index contributed by atoms with van der Waals surface area (Å²) >= 11 is 0. The van der Waals surface area contributed by atoms with Gasteiger partial charge in [0.05, 0.1) is 0 Å². The van der Waals surface area contributed by atoms with Crippen LogP contribution in [0.15, 0.2) is 36.4 Å². The third-order valence-electron chi connectivity index (χ3n) is 6.47. The summed E-state index contributed by atoms with van der Waals surface area (Å²) in [5.74, 6) is -0.0731. The predicted octanol–water partition coefficient (Wildman–Crippen LogP) is 5.00. The van der Waals surface area contributed by atoms with E-state index in [0.29, 0.717) is 12.2 Å². The van der Waals surface area contributed by atoms with Crippen LogP contribution in [0.5, 0.6) is 5.75 Å². The zero-order chi connectivity index (χ0) is 24.0. The maximum atomic E-state index is 13.4. The van der Waals surface area contributed by atoms with E-state index >= 15 is 0 Å². The van der Waals surface area contributed by atoms with Crippen LogP contribution in [-0.4, -0.2) is 35.4 Å². The lowest BCUT2D eigenvalue weighted by Gasteiger charge is -2.31. The second-order valence-electron chi connectivity index (χ2n) is 9.06. The van der Waals surface area contributed by atoms with Gasteiger partial charge in [-0.1, -0.05) is 38.0 Å². The second kappa shape index (κ2) is 11.3. The maximum Gasteiger partial charge on any atom is 0.261 e. The van der Waals surface area contributed by atoms with Crippen molar-refractivity contribution in [2.45, 2.75) is 78.4 Å². The largest absolute Gasteiger partial charge is 0.483 e. The Morgan fingerprint density at radius 3 is 2.42 bits per heavy atom. The van der Waals surface area contributed by atoms with Crippen molar-refractivity contribution in [3.63, 3.8) is 0 Å². The summed E-state index contributed by atoms with van der Waals surface area (Å²) in [7, 11) is 0. The van der Waals surface area contributed by atoms with Gasteiger partial charge in [0, 0.05) is 12.6 Å². The Morgan fingerprint density at radius 1 is 1.12 bits per heavy atom. The SMILES string of the molecule is CC[C@@H](C(=O)NC1CCCC1)N(Cc1ccc(F)cc1)C(=O)COc1cc(C)cc(C)c1C. The van der Waals surface area contributed by atoms with Crippen molar-refractivity contribution in [2.75, 3.05) is 6.61 Å². The van der Waals surface area contributed by atoms with E-state index in [2.05, 4.69) is 11.4 Å². The van der Waals surface area contributed by atoms with Crippen molar-refractivity contribution < 1.29 is 18.7 Å². The molecule has 1 aliphatic carbocycles. The number of hydrogen-bond donors (Lipinski definition) is 1. The fraction of sp³-hybridized carbons (Fsp3) is 0.481. The standard InChI is InChI=1S/C27H35FN2O3/c1-5-24(27(32)29-23-8-6-7-9-23)30(16-21-10-12-22(28)13-11-21)26(31)17-33-25-15-18(2)14-19(3)20(25)4/h10-15,23-24H,5-9,16-17H2,1-4H3,(H,29,32)/t24-/m0/s1. The molecule has 0 spiro atoms. The topological polar surface area (TPSA) is 58.6 Å². The van der Waals surface area contributed by atoms with E-state index in [1.807, 2.05) is 33.8 Å². The second-order valence-corrected chi connectivity index (χ2v) is 9.06. The molecule has 0 saturated heterocycles. The number of benzene rings is 2. The van der Waals surface area contributed by atoms with E-state index in [1.165, 1.54) is 12.1 Å². The number of hydrogen-bond acceptors (Lipinski definition) is 3. The van der Waals surface area contributed by atoms with Crippen molar-refractivity contribution in [1.29, 1.82) is 0 Å². The molecule has 6 heteroatoms. The van der Waals surface area contributed by atoms with E-state index in [-0.39, 0.29) is 36.8 Å². The number of nitrogens with one attached hydrogen (secondary N) is 1. The Bertz CT molecular complexity index is 968. The van der Waals surface area contributed by atoms with Crippen LogP contribution in [0.1, 0.15) is 61.3 Å². The summed E-state index contributed by atoms with van der Waals surface area (Å²) in [6.07, 6.45) is 4.66. The minimum Gasteiger partial charge on any atom is -0.483 e. The lowest BCUT2D eigenvalue weighted by molar-refractivity contribution is -0.143. The molecule has 0 radical (unpaired) electrons.